The van der Waals surface area contributed by atoms with E-state index in [0.717, 1.165) is 37.5 Å². The zero-order valence-electron chi connectivity index (χ0n) is 17.7. The van der Waals surface area contributed by atoms with Crippen molar-refractivity contribution in [1.29, 1.82) is 0 Å². The molecule has 0 bridgehead atoms. The van der Waals surface area contributed by atoms with E-state index < -0.39 is 0 Å². The molecule has 8 nitrogen and oxygen atoms in total. The fraction of sp³-hybridized carbons (Fsp3) is 0.591. The summed E-state index contributed by atoms with van der Waals surface area (Å²) in [5.41, 5.74) is 2.22. The van der Waals surface area contributed by atoms with Crippen LogP contribution in [0.2, 0.25) is 0 Å². The SMILES string of the molecule is CCNC(=NCC(=O)N1CCc2ccccc21)N1CCN(C(=O)C2CCCO2)CC1. The topological polar surface area (TPSA) is 77.5 Å². The summed E-state index contributed by atoms with van der Waals surface area (Å²) in [6, 6.07) is 8.05. The molecule has 2 saturated heterocycles. The first-order valence-corrected chi connectivity index (χ1v) is 11.0. The normalized spacial score (nSPS) is 21.7. The maximum absolute atomic E-state index is 12.8. The Morgan fingerprint density at radius 3 is 2.63 bits per heavy atom. The first-order chi connectivity index (χ1) is 14.7. The Balaban J connectivity index is 1.34. The smallest absolute Gasteiger partial charge is 0.251 e. The molecule has 0 spiro atoms. The van der Waals surface area contributed by atoms with Crippen LogP contribution in [0.3, 0.4) is 0 Å². The number of nitrogens with one attached hydrogen (secondary N) is 1. The summed E-state index contributed by atoms with van der Waals surface area (Å²) in [7, 11) is 0. The Hall–Kier alpha value is -2.61. The van der Waals surface area contributed by atoms with Crippen LogP contribution in [0, 0.1) is 0 Å². The number of para-hydroxylation sites is 1. The standard InChI is InChI=1S/C22H31N5O3/c1-2-23-22(24-16-20(28)27-10-9-17-6-3-4-7-18(17)27)26-13-11-25(12-14-26)21(29)19-8-5-15-30-19/h3-4,6-7,19H,2,5,8-16H2,1H3,(H,23,24). The van der Waals surface area contributed by atoms with Gasteiger partial charge in [-0.3, -0.25) is 9.59 Å². The highest BCUT2D eigenvalue weighted by molar-refractivity contribution is 5.98. The summed E-state index contributed by atoms with van der Waals surface area (Å²) in [5, 5.41) is 3.29. The van der Waals surface area contributed by atoms with Crippen LogP contribution in [0.25, 0.3) is 0 Å². The molecule has 1 N–H and O–H groups in total. The monoisotopic (exact) mass is 413 g/mol. The van der Waals surface area contributed by atoms with Crippen LogP contribution in [0.1, 0.15) is 25.3 Å². The highest BCUT2D eigenvalue weighted by Gasteiger charge is 2.31. The molecule has 30 heavy (non-hydrogen) atoms. The zero-order valence-corrected chi connectivity index (χ0v) is 17.7. The molecule has 162 valence electrons. The molecule has 0 radical (unpaired) electrons. The van der Waals surface area contributed by atoms with Gasteiger partial charge < -0.3 is 24.8 Å². The molecule has 8 heteroatoms. The van der Waals surface area contributed by atoms with E-state index in [1.54, 1.807) is 0 Å². The minimum absolute atomic E-state index is 0.0162. The van der Waals surface area contributed by atoms with Gasteiger partial charge >= 0.3 is 0 Å². The molecule has 4 rings (SSSR count). The summed E-state index contributed by atoms with van der Waals surface area (Å²) in [4.78, 5) is 35.8. The lowest BCUT2D eigenvalue weighted by atomic mass is 10.2. The van der Waals surface area contributed by atoms with Crippen LogP contribution in [0.5, 0.6) is 0 Å². The van der Waals surface area contributed by atoms with E-state index in [1.165, 1.54) is 5.56 Å². The number of amides is 2. The number of aliphatic imine (C=N–C) groups is 1. The van der Waals surface area contributed by atoms with Crippen molar-refractivity contribution in [3.05, 3.63) is 29.8 Å². The van der Waals surface area contributed by atoms with Gasteiger partial charge in [-0.2, -0.15) is 0 Å². The van der Waals surface area contributed by atoms with Gasteiger partial charge in [0.2, 0.25) is 5.91 Å². The van der Waals surface area contributed by atoms with E-state index in [2.05, 4.69) is 21.3 Å². The van der Waals surface area contributed by atoms with Crippen molar-refractivity contribution in [2.24, 2.45) is 4.99 Å². The van der Waals surface area contributed by atoms with E-state index >= 15 is 0 Å². The van der Waals surface area contributed by atoms with Crippen molar-refractivity contribution in [3.8, 4) is 0 Å². The van der Waals surface area contributed by atoms with Crippen molar-refractivity contribution < 1.29 is 14.3 Å². The van der Waals surface area contributed by atoms with Gasteiger partial charge in [0.05, 0.1) is 0 Å². The van der Waals surface area contributed by atoms with Gasteiger partial charge in [-0.25, -0.2) is 4.99 Å². The lowest BCUT2D eigenvalue weighted by molar-refractivity contribution is -0.142. The Bertz CT molecular complexity index is 798. The zero-order chi connectivity index (χ0) is 20.9. The number of fused-ring (bicyclic) bond motifs is 1. The van der Waals surface area contributed by atoms with Gasteiger partial charge in [-0.15, -0.1) is 0 Å². The van der Waals surface area contributed by atoms with E-state index in [1.807, 2.05) is 34.9 Å². The number of nitrogens with zero attached hydrogens (tertiary/aromatic N) is 4. The Kier molecular flexibility index (Phi) is 6.52. The van der Waals surface area contributed by atoms with Crippen LogP contribution >= 0.6 is 0 Å². The molecule has 1 aromatic carbocycles. The first-order valence-electron chi connectivity index (χ1n) is 11.0. The number of hydrogen-bond acceptors (Lipinski definition) is 4. The predicted octanol–water partition coefficient (Wildman–Crippen LogP) is 0.864. The Morgan fingerprint density at radius 2 is 1.90 bits per heavy atom. The fourth-order valence-electron chi connectivity index (χ4n) is 4.37. The minimum Gasteiger partial charge on any atom is -0.368 e. The second-order valence-corrected chi connectivity index (χ2v) is 7.91. The van der Waals surface area contributed by atoms with Gasteiger partial charge in [-0.1, -0.05) is 18.2 Å². The van der Waals surface area contributed by atoms with Gasteiger partial charge in [-0.05, 0) is 37.8 Å². The van der Waals surface area contributed by atoms with Crippen LogP contribution in [0.15, 0.2) is 29.3 Å². The molecule has 3 aliphatic heterocycles. The lowest BCUT2D eigenvalue weighted by Gasteiger charge is -2.37. The quantitative estimate of drug-likeness (QED) is 0.585. The van der Waals surface area contributed by atoms with Gasteiger partial charge in [0.15, 0.2) is 5.96 Å². The molecule has 2 fully saturated rings. The predicted molar refractivity (Wildman–Crippen MR) is 116 cm³/mol. The molecule has 1 unspecified atom stereocenters. The number of ether oxygens (including phenoxy) is 1. The van der Waals surface area contributed by atoms with Crippen molar-refractivity contribution in [3.63, 3.8) is 0 Å². The number of rotatable bonds is 4. The molecule has 0 aromatic heterocycles. The largest absolute Gasteiger partial charge is 0.368 e. The number of guanidine groups is 1. The highest BCUT2D eigenvalue weighted by atomic mass is 16.5. The molecule has 0 saturated carbocycles. The lowest BCUT2D eigenvalue weighted by Crippen LogP contribution is -2.55. The van der Waals surface area contributed by atoms with Gasteiger partial charge in [0.25, 0.3) is 5.91 Å². The van der Waals surface area contributed by atoms with Crippen LogP contribution in [-0.2, 0) is 20.7 Å². The van der Waals surface area contributed by atoms with Crippen molar-refractivity contribution in [1.82, 2.24) is 15.1 Å². The third kappa shape index (κ3) is 4.43. The molecular weight excluding hydrogens is 382 g/mol. The number of carbonyl (C=O) groups is 2. The molecule has 1 atom stereocenters. The third-order valence-electron chi connectivity index (χ3n) is 5.98. The number of carbonyl (C=O) groups excluding carboxylic acids is 2. The number of piperazine rings is 1. The molecule has 3 heterocycles. The van der Waals surface area contributed by atoms with Crippen LogP contribution in [0.4, 0.5) is 5.69 Å². The first kappa shape index (κ1) is 20.7. The highest BCUT2D eigenvalue weighted by Crippen LogP contribution is 2.27. The van der Waals surface area contributed by atoms with E-state index in [9.17, 15) is 9.59 Å². The van der Waals surface area contributed by atoms with Gasteiger partial charge in [0.1, 0.15) is 12.6 Å². The average Bonchev–Trinajstić information content (AvgIpc) is 3.46. The van der Waals surface area contributed by atoms with Gasteiger partial charge in [0, 0.05) is 51.6 Å². The van der Waals surface area contributed by atoms with E-state index in [0.29, 0.717) is 39.3 Å². The van der Waals surface area contributed by atoms with E-state index in [4.69, 9.17) is 4.74 Å². The molecule has 2 amide bonds. The van der Waals surface area contributed by atoms with Crippen molar-refractivity contribution in [2.75, 3.05) is 57.3 Å². The summed E-state index contributed by atoms with van der Waals surface area (Å²) >= 11 is 0. The summed E-state index contributed by atoms with van der Waals surface area (Å²) in [6.07, 6.45) is 2.42. The number of anilines is 1. The number of hydrogen-bond donors (Lipinski definition) is 1. The summed E-state index contributed by atoms with van der Waals surface area (Å²) in [6.45, 7) is 6.96. The molecular formula is C22H31N5O3. The second-order valence-electron chi connectivity index (χ2n) is 7.91. The molecule has 1 aromatic rings. The summed E-state index contributed by atoms with van der Waals surface area (Å²) in [5.74, 6) is 0.863. The second kappa shape index (κ2) is 9.47. The number of benzene rings is 1. The fourth-order valence-corrected chi connectivity index (χ4v) is 4.37. The van der Waals surface area contributed by atoms with Crippen LogP contribution < -0.4 is 10.2 Å². The van der Waals surface area contributed by atoms with Crippen LogP contribution in [-0.4, -0.2) is 86.1 Å². The molecule has 3 aliphatic rings. The van der Waals surface area contributed by atoms with E-state index in [-0.39, 0.29) is 24.5 Å². The Labute approximate surface area is 177 Å². The Morgan fingerprint density at radius 1 is 1.13 bits per heavy atom. The summed E-state index contributed by atoms with van der Waals surface area (Å²) < 4.78 is 5.54. The maximum atomic E-state index is 12.8. The third-order valence-corrected chi connectivity index (χ3v) is 5.98. The average molecular weight is 414 g/mol. The maximum Gasteiger partial charge on any atom is 0.251 e. The molecule has 0 aliphatic carbocycles. The van der Waals surface area contributed by atoms with Crippen molar-refractivity contribution >= 4 is 23.5 Å². The minimum atomic E-state index is -0.264. The van der Waals surface area contributed by atoms with Crippen molar-refractivity contribution in [2.45, 2.75) is 32.3 Å².